The number of rotatable bonds is 4. The molecule has 0 heterocycles. The summed E-state index contributed by atoms with van der Waals surface area (Å²) in [7, 11) is -2.47. The first kappa shape index (κ1) is 14.2. The van der Waals surface area contributed by atoms with E-state index in [1.165, 1.54) is 15.6 Å². The quantitative estimate of drug-likeness (QED) is 0.232. The zero-order chi connectivity index (χ0) is 15.3. The minimum Gasteiger partial charge on any atom is -0.362 e. The second kappa shape index (κ2) is 6.35. The minimum absolute atomic E-state index is 1.20. The van der Waals surface area contributed by atoms with Crippen molar-refractivity contribution in [2.75, 3.05) is 0 Å². The van der Waals surface area contributed by atoms with Crippen LogP contribution in [0.15, 0.2) is 91.0 Å². The first-order valence-electron chi connectivity index (χ1n) is 7.23. The van der Waals surface area contributed by atoms with Crippen molar-refractivity contribution in [3.63, 3.8) is 0 Å². The fourth-order valence-corrected chi connectivity index (χ4v) is 6.69. The first-order chi connectivity index (χ1) is 10.9. The van der Waals surface area contributed by atoms with E-state index in [9.17, 15) is 5.53 Å². The number of benzene rings is 3. The van der Waals surface area contributed by atoms with Gasteiger partial charge >= 0.3 is 0 Å². The molecule has 3 aromatic rings. The van der Waals surface area contributed by atoms with E-state index in [2.05, 4.69) is 41.2 Å². The van der Waals surface area contributed by atoms with Crippen LogP contribution < -0.4 is 15.6 Å². The second-order valence-electron chi connectivity index (χ2n) is 5.15. The van der Waals surface area contributed by atoms with Gasteiger partial charge in [0.05, 0.1) is 0 Å². The van der Waals surface area contributed by atoms with E-state index in [0.29, 0.717) is 0 Å². The SMILES string of the molecule is [N-]=[N+]=C[Si](c1ccccc1)(c1ccccc1)c1ccccc1. The highest BCUT2D eigenvalue weighted by atomic mass is 28.3. The zero-order valence-corrected chi connectivity index (χ0v) is 13.1. The second-order valence-corrected chi connectivity index (χ2v) is 8.76. The van der Waals surface area contributed by atoms with E-state index < -0.39 is 8.07 Å². The lowest BCUT2D eigenvalue weighted by Gasteiger charge is -2.25. The van der Waals surface area contributed by atoms with Crippen molar-refractivity contribution in [3.05, 3.63) is 96.5 Å². The predicted octanol–water partition coefficient (Wildman–Crippen LogP) is 2.00. The fraction of sp³-hybridized carbons (Fsp3) is 0. The third-order valence-corrected chi connectivity index (χ3v) is 8.17. The Morgan fingerprint density at radius 1 is 0.591 bits per heavy atom. The van der Waals surface area contributed by atoms with Crippen molar-refractivity contribution in [1.29, 1.82) is 0 Å². The zero-order valence-electron chi connectivity index (χ0n) is 12.1. The number of nitrogens with zero attached hydrogens (tertiary/aromatic N) is 2. The molecule has 0 aliphatic heterocycles. The summed E-state index contributed by atoms with van der Waals surface area (Å²) in [5.41, 5.74) is 9.39. The Balaban J connectivity index is 2.37. The van der Waals surface area contributed by atoms with Crippen molar-refractivity contribution in [2.24, 2.45) is 0 Å². The van der Waals surface area contributed by atoms with Crippen molar-refractivity contribution in [1.82, 2.24) is 0 Å². The highest BCUT2D eigenvalue weighted by molar-refractivity contribution is 7.26. The van der Waals surface area contributed by atoms with Crippen LogP contribution in [0.25, 0.3) is 5.53 Å². The maximum Gasteiger partial charge on any atom is 0.273 e. The molecule has 0 N–H and O–H groups in total. The Labute approximate surface area is 131 Å². The molecule has 0 aliphatic carbocycles. The summed E-state index contributed by atoms with van der Waals surface area (Å²) >= 11 is 0. The summed E-state index contributed by atoms with van der Waals surface area (Å²) in [6, 6.07) is 31.0. The molecule has 0 saturated carbocycles. The molecule has 0 amide bonds. The molecule has 0 spiro atoms. The van der Waals surface area contributed by atoms with Crippen LogP contribution in [0.5, 0.6) is 0 Å². The van der Waals surface area contributed by atoms with Gasteiger partial charge in [-0.25, -0.2) is 0 Å². The van der Waals surface area contributed by atoms with E-state index in [1.54, 1.807) is 5.84 Å². The van der Waals surface area contributed by atoms with Crippen molar-refractivity contribution in [2.45, 2.75) is 0 Å². The predicted molar refractivity (Wildman–Crippen MR) is 93.7 cm³/mol. The first-order valence-corrected chi connectivity index (χ1v) is 9.31. The van der Waals surface area contributed by atoms with Gasteiger partial charge in [0.25, 0.3) is 8.07 Å². The van der Waals surface area contributed by atoms with E-state index in [4.69, 9.17) is 0 Å². The van der Waals surface area contributed by atoms with Gasteiger partial charge < -0.3 is 5.53 Å². The Bertz CT molecular complexity index is 683. The molecular formula is C19H16N2Si. The van der Waals surface area contributed by atoms with Gasteiger partial charge in [0.15, 0.2) is 0 Å². The van der Waals surface area contributed by atoms with Crippen molar-refractivity contribution in [3.8, 4) is 0 Å². The lowest BCUT2D eigenvalue weighted by molar-refractivity contribution is 0.00708. The molecule has 0 aromatic heterocycles. The average molecular weight is 300 g/mol. The number of hydrogen-bond donors (Lipinski definition) is 0. The molecule has 106 valence electrons. The molecule has 0 atom stereocenters. The minimum atomic E-state index is -2.47. The van der Waals surface area contributed by atoms with Crippen molar-refractivity contribution >= 4 is 29.5 Å². The molecular weight excluding hydrogens is 284 g/mol. The smallest absolute Gasteiger partial charge is 0.273 e. The van der Waals surface area contributed by atoms with Crippen LogP contribution in [-0.4, -0.2) is 18.7 Å². The Morgan fingerprint density at radius 2 is 0.909 bits per heavy atom. The fourth-order valence-electron chi connectivity index (χ4n) is 2.91. The summed E-state index contributed by atoms with van der Waals surface area (Å²) < 4.78 is 0. The van der Waals surface area contributed by atoms with Crippen LogP contribution in [-0.2, 0) is 0 Å². The van der Waals surface area contributed by atoms with E-state index in [1.807, 2.05) is 54.6 Å². The van der Waals surface area contributed by atoms with E-state index >= 15 is 0 Å². The highest BCUT2D eigenvalue weighted by Crippen LogP contribution is 2.05. The molecule has 2 nitrogen and oxygen atoms in total. The van der Waals surface area contributed by atoms with Crippen LogP contribution in [0.1, 0.15) is 0 Å². The topological polar surface area (TPSA) is 36.4 Å². The van der Waals surface area contributed by atoms with Gasteiger partial charge in [-0.05, 0) is 15.6 Å². The molecule has 22 heavy (non-hydrogen) atoms. The van der Waals surface area contributed by atoms with E-state index in [0.717, 1.165) is 0 Å². The van der Waals surface area contributed by atoms with Gasteiger partial charge in [-0.1, -0.05) is 91.0 Å². The Hall–Kier alpha value is -2.74. The molecule has 3 aromatic carbocycles. The van der Waals surface area contributed by atoms with Crippen LogP contribution in [0.3, 0.4) is 0 Å². The van der Waals surface area contributed by atoms with Gasteiger partial charge in [0.1, 0.15) is 0 Å². The summed E-state index contributed by atoms with van der Waals surface area (Å²) in [5, 5.41) is 3.60. The highest BCUT2D eigenvalue weighted by Gasteiger charge is 2.43. The summed E-state index contributed by atoms with van der Waals surface area (Å²) in [6.07, 6.45) is 0. The van der Waals surface area contributed by atoms with Gasteiger partial charge in [-0.2, -0.15) is 4.79 Å². The molecule has 0 bridgehead atoms. The Kier molecular flexibility index (Phi) is 4.10. The normalized spacial score (nSPS) is 10.7. The van der Waals surface area contributed by atoms with Crippen molar-refractivity contribution < 1.29 is 4.79 Å². The van der Waals surface area contributed by atoms with Gasteiger partial charge in [0.2, 0.25) is 5.84 Å². The van der Waals surface area contributed by atoms with Crippen LogP contribution in [0, 0.1) is 0 Å². The van der Waals surface area contributed by atoms with Gasteiger partial charge in [-0.15, -0.1) is 0 Å². The van der Waals surface area contributed by atoms with Crippen LogP contribution in [0.4, 0.5) is 0 Å². The third-order valence-electron chi connectivity index (χ3n) is 3.94. The lowest BCUT2D eigenvalue weighted by Crippen LogP contribution is -2.69. The van der Waals surface area contributed by atoms with Gasteiger partial charge in [0, 0.05) is 0 Å². The average Bonchev–Trinajstić information content (AvgIpc) is 2.62. The third kappa shape index (κ3) is 2.44. The molecule has 0 unspecified atom stereocenters. The molecule has 0 aliphatic rings. The van der Waals surface area contributed by atoms with Crippen LogP contribution >= 0.6 is 0 Å². The summed E-state index contributed by atoms with van der Waals surface area (Å²) in [6.45, 7) is 0. The summed E-state index contributed by atoms with van der Waals surface area (Å²) in [4.78, 5) is 3.47. The molecule has 0 radical (unpaired) electrons. The molecule has 3 heteroatoms. The molecule has 0 saturated heterocycles. The van der Waals surface area contributed by atoms with Gasteiger partial charge in [-0.3, -0.25) is 0 Å². The van der Waals surface area contributed by atoms with Crippen LogP contribution in [0.2, 0.25) is 0 Å². The maximum atomic E-state index is 9.39. The number of hydrogen-bond acceptors (Lipinski definition) is 0. The molecule has 0 fully saturated rings. The standard InChI is InChI=1S/C19H16N2Si/c20-21-16-22(17-10-4-1-5-11-17,18-12-6-2-7-13-18)19-14-8-3-9-15-19/h1-16H. The maximum absolute atomic E-state index is 9.39. The monoisotopic (exact) mass is 300 g/mol. The lowest BCUT2D eigenvalue weighted by atomic mass is 10.3. The molecule has 3 rings (SSSR count). The van der Waals surface area contributed by atoms with E-state index in [-0.39, 0.29) is 0 Å². The summed E-state index contributed by atoms with van der Waals surface area (Å²) in [5.74, 6) is 1.74. The largest absolute Gasteiger partial charge is 0.362 e. The Morgan fingerprint density at radius 3 is 1.18 bits per heavy atom.